The Morgan fingerprint density at radius 1 is 1.56 bits per heavy atom. The third-order valence-corrected chi connectivity index (χ3v) is 2.45. The highest BCUT2D eigenvalue weighted by atomic mass is 16.5. The van der Waals surface area contributed by atoms with Gasteiger partial charge in [0, 0.05) is 13.6 Å². The van der Waals surface area contributed by atoms with Gasteiger partial charge in [-0.15, -0.1) is 0 Å². The lowest BCUT2D eigenvalue weighted by Gasteiger charge is -2.12. The fourth-order valence-corrected chi connectivity index (χ4v) is 1.44. The number of likely N-dealkylation sites (N-methyl/N-ethyl adjacent to an activating group) is 1. The molecule has 0 aliphatic heterocycles. The minimum atomic E-state index is -0.251. The zero-order valence-corrected chi connectivity index (χ0v) is 10.6. The normalized spacial score (nSPS) is 11.4. The average molecular weight is 247 g/mol. The fraction of sp³-hybridized carbons (Fsp3) is 0.385. The van der Waals surface area contributed by atoms with E-state index in [1.165, 1.54) is 0 Å². The van der Waals surface area contributed by atoms with Gasteiger partial charge in [0.2, 0.25) is 5.91 Å². The monoisotopic (exact) mass is 247 g/mol. The minimum Gasteiger partial charge on any atom is -0.479 e. The summed E-state index contributed by atoms with van der Waals surface area (Å²) in [5.74, 6) is 0.607. The standard InChI is InChI=1S/C13H17N3O2/c1-10(13(17)15-2)16-9-11-4-3-5-12(8-11)18-7-6-14/h3-5,8,10,16H,7,9H2,1-2H3,(H,15,17). The van der Waals surface area contributed by atoms with Gasteiger partial charge in [-0.1, -0.05) is 12.1 Å². The van der Waals surface area contributed by atoms with E-state index in [0.717, 1.165) is 5.56 Å². The Bertz CT molecular complexity index is 440. The van der Waals surface area contributed by atoms with Crippen LogP contribution in [0.3, 0.4) is 0 Å². The van der Waals surface area contributed by atoms with Gasteiger partial charge in [-0.2, -0.15) is 5.26 Å². The van der Waals surface area contributed by atoms with Crippen LogP contribution in [0.2, 0.25) is 0 Å². The summed E-state index contributed by atoms with van der Waals surface area (Å²) >= 11 is 0. The number of hydrogen-bond acceptors (Lipinski definition) is 4. The summed E-state index contributed by atoms with van der Waals surface area (Å²) in [5, 5.41) is 14.1. The molecule has 2 N–H and O–H groups in total. The molecule has 1 amide bonds. The van der Waals surface area contributed by atoms with Gasteiger partial charge in [0.25, 0.3) is 0 Å². The van der Waals surface area contributed by atoms with Crippen molar-refractivity contribution >= 4 is 5.91 Å². The van der Waals surface area contributed by atoms with Gasteiger partial charge in [-0.25, -0.2) is 0 Å². The summed E-state index contributed by atoms with van der Waals surface area (Å²) in [6, 6.07) is 9.10. The molecule has 18 heavy (non-hydrogen) atoms. The summed E-state index contributed by atoms with van der Waals surface area (Å²) < 4.78 is 5.20. The van der Waals surface area contributed by atoms with Crippen LogP contribution in [0, 0.1) is 11.3 Å². The van der Waals surface area contributed by atoms with Crippen LogP contribution in [0.1, 0.15) is 12.5 Å². The van der Waals surface area contributed by atoms with Gasteiger partial charge in [-0.3, -0.25) is 4.79 Å². The van der Waals surface area contributed by atoms with Gasteiger partial charge < -0.3 is 15.4 Å². The minimum absolute atomic E-state index is 0.0333. The van der Waals surface area contributed by atoms with Gasteiger partial charge in [0.15, 0.2) is 6.61 Å². The largest absolute Gasteiger partial charge is 0.479 e. The van der Waals surface area contributed by atoms with Crippen molar-refractivity contribution in [2.24, 2.45) is 0 Å². The van der Waals surface area contributed by atoms with Crippen molar-refractivity contribution in [1.82, 2.24) is 10.6 Å². The first-order valence-corrected chi connectivity index (χ1v) is 5.71. The van der Waals surface area contributed by atoms with Gasteiger partial charge in [0.1, 0.15) is 11.8 Å². The molecule has 0 saturated heterocycles. The van der Waals surface area contributed by atoms with Crippen molar-refractivity contribution in [3.63, 3.8) is 0 Å². The number of nitriles is 1. The number of nitrogens with one attached hydrogen (secondary N) is 2. The van der Waals surface area contributed by atoms with E-state index in [9.17, 15) is 4.79 Å². The second kappa shape index (κ2) is 7.30. The molecule has 5 heteroatoms. The molecule has 1 aromatic rings. The predicted molar refractivity (Wildman–Crippen MR) is 67.9 cm³/mol. The Labute approximate surface area is 107 Å². The summed E-state index contributed by atoms with van der Waals surface area (Å²) in [6.45, 7) is 2.40. The van der Waals surface area contributed by atoms with Crippen LogP contribution < -0.4 is 15.4 Å². The van der Waals surface area contributed by atoms with E-state index >= 15 is 0 Å². The summed E-state index contributed by atoms with van der Waals surface area (Å²) in [5.41, 5.74) is 1.00. The highest BCUT2D eigenvalue weighted by molar-refractivity contribution is 5.80. The van der Waals surface area contributed by atoms with E-state index in [1.807, 2.05) is 24.3 Å². The van der Waals surface area contributed by atoms with E-state index in [2.05, 4.69) is 10.6 Å². The molecule has 96 valence electrons. The Kier molecular flexibility index (Phi) is 5.68. The SMILES string of the molecule is CNC(=O)C(C)NCc1cccc(OCC#N)c1. The van der Waals surface area contributed by atoms with E-state index in [-0.39, 0.29) is 18.6 Å². The van der Waals surface area contributed by atoms with Crippen LogP contribution in [0.15, 0.2) is 24.3 Å². The highest BCUT2D eigenvalue weighted by Crippen LogP contribution is 2.13. The molecule has 1 rings (SSSR count). The second-order valence-corrected chi connectivity index (χ2v) is 3.81. The van der Waals surface area contributed by atoms with Crippen LogP contribution in [0.5, 0.6) is 5.75 Å². The van der Waals surface area contributed by atoms with Crippen LogP contribution in [0.4, 0.5) is 0 Å². The maximum atomic E-state index is 11.3. The first kappa shape index (κ1) is 14.0. The molecule has 0 radical (unpaired) electrons. The van der Waals surface area contributed by atoms with Crippen molar-refractivity contribution < 1.29 is 9.53 Å². The van der Waals surface area contributed by atoms with E-state index < -0.39 is 0 Å². The molecular weight excluding hydrogens is 230 g/mol. The van der Waals surface area contributed by atoms with Crippen LogP contribution >= 0.6 is 0 Å². The van der Waals surface area contributed by atoms with Crippen molar-refractivity contribution in [1.29, 1.82) is 5.26 Å². The Balaban J connectivity index is 2.52. The molecule has 1 unspecified atom stereocenters. The number of nitrogens with zero attached hydrogens (tertiary/aromatic N) is 1. The molecule has 0 saturated carbocycles. The molecule has 1 atom stereocenters. The molecule has 0 fully saturated rings. The zero-order chi connectivity index (χ0) is 13.4. The smallest absolute Gasteiger partial charge is 0.236 e. The summed E-state index contributed by atoms with van der Waals surface area (Å²) in [4.78, 5) is 11.3. The van der Waals surface area contributed by atoms with E-state index in [4.69, 9.17) is 10.00 Å². The first-order valence-electron chi connectivity index (χ1n) is 5.71. The topological polar surface area (TPSA) is 74.2 Å². The lowest BCUT2D eigenvalue weighted by molar-refractivity contribution is -0.122. The third-order valence-electron chi connectivity index (χ3n) is 2.45. The van der Waals surface area contributed by atoms with Crippen molar-refractivity contribution in [2.45, 2.75) is 19.5 Å². The number of benzene rings is 1. The molecule has 1 aromatic carbocycles. The maximum absolute atomic E-state index is 11.3. The molecule has 0 aliphatic carbocycles. The number of amides is 1. The average Bonchev–Trinajstić information content (AvgIpc) is 2.42. The first-order chi connectivity index (χ1) is 8.67. The number of carbonyl (C=O) groups excluding carboxylic acids is 1. The number of hydrogen-bond donors (Lipinski definition) is 2. The maximum Gasteiger partial charge on any atom is 0.236 e. The highest BCUT2D eigenvalue weighted by Gasteiger charge is 2.09. The molecular formula is C13H17N3O2. The fourth-order valence-electron chi connectivity index (χ4n) is 1.44. The third kappa shape index (κ3) is 4.44. The zero-order valence-electron chi connectivity index (χ0n) is 10.6. The molecule has 0 spiro atoms. The lowest BCUT2D eigenvalue weighted by atomic mass is 10.2. The second-order valence-electron chi connectivity index (χ2n) is 3.81. The lowest BCUT2D eigenvalue weighted by Crippen LogP contribution is -2.40. The quantitative estimate of drug-likeness (QED) is 0.780. The van der Waals surface area contributed by atoms with Crippen LogP contribution in [0.25, 0.3) is 0 Å². The molecule has 0 aliphatic rings. The van der Waals surface area contributed by atoms with Crippen LogP contribution in [-0.2, 0) is 11.3 Å². The molecule has 5 nitrogen and oxygen atoms in total. The number of carbonyl (C=O) groups is 1. The van der Waals surface area contributed by atoms with E-state index in [1.54, 1.807) is 20.0 Å². The summed E-state index contributed by atoms with van der Waals surface area (Å²) in [6.07, 6.45) is 0. The van der Waals surface area contributed by atoms with Crippen molar-refractivity contribution in [2.75, 3.05) is 13.7 Å². The van der Waals surface area contributed by atoms with Gasteiger partial charge in [-0.05, 0) is 24.6 Å². The van der Waals surface area contributed by atoms with Crippen molar-refractivity contribution in [3.05, 3.63) is 29.8 Å². The van der Waals surface area contributed by atoms with Crippen molar-refractivity contribution in [3.8, 4) is 11.8 Å². The van der Waals surface area contributed by atoms with E-state index in [0.29, 0.717) is 12.3 Å². The molecule has 0 aromatic heterocycles. The van der Waals surface area contributed by atoms with Crippen LogP contribution in [-0.4, -0.2) is 25.6 Å². The number of rotatable bonds is 6. The Morgan fingerprint density at radius 3 is 3.00 bits per heavy atom. The Morgan fingerprint density at radius 2 is 2.33 bits per heavy atom. The van der Waals surface area contributed by atoms with Gasteiger partial charge in [0.05, 0.1) is 6.04 Å². The van der Waals surface area contributed by atoms with Gasteiger partial charge >= 0.3 is 0 Å². The predicted octanol–water partition coefficient (Wildman–Crippen LogP) is 0.813. The Hall–Kier alpha value is -2.06. The summed E-state index contributed by atoms with van der Waals surface area (Å²) in [7, 11) is 1.61. The molecule has 0 bridgehead atoms. The number of ether oxygens (including phenoxy) is 1. The molecule has 0 heterocycles.